The van der Waals surface area contributed by atoms with E-state index < -0.39 is 0 Å². The second kappa shape index (κ2) is 7.70. The lowest BCUT2D eigenvalue weighted by Gasteiger charge is -2.39. The second-order valence-electron chi connectivity index (χ2n) is 6.42. The quantitative estimate of drug-likeness (QED) is 0.808. The molecule has 6 nitrogen and oxygen atoms in total. The second-order valence-corrected chi connectivity index (χ2v) is 6.42. The van der Waals surface area contributed by atoms with Gasteiger partial charge in [0.25, 0.3) is 0 Å². The molecule has 3 rings (SSSR count). The Balaban J connectivity index is 1.56. The molecule has 0 radical (unpaired) electrons. The van der Waals surface area contributed by atoms with Gasteiger partial charge in [-0.15, -0.1) is 0 Å². The highest BCUT2D eigenvalue weighted by Gasteiger charge is 2.31. The molecule has 0 aliphatic carbocycles. The number of rotatable bonds is 6. The van der Waals surface area contributed by atoms with E-state index in [1.54, 1.807) is 7.11 Å². The van der Waals surface area contributed by atoms with Gasteiger partial charge in [0.1, 0.15) is 11.6 Å². The fourth-order valence-corrected chi connectivity index (χ4v) is 3.32. The van der Waals surface area contributed by atoms with E-state index in [1.165, 1.54) is 0 Å². The van der Waals surface area contributed by atoms with Gasteiger partial charge in [-0.25, -0.2) is 4.98 Å². The average molecular weight is 342 g/mol. The highest BCUT2D eigenvalue weighted by molar-refractivity contribution is 5.97. The summed E-state index contributed by atoms with van der Waals surface area (Å²) in [7, 11) is 1.65. The van der Waals surface area contributed by atoms with Crippen LogP contribution >= 0.6 is 0 Å². The van der Waals surface area contributed by atoms with Gasteiger partial charge in [0.2, 0.25) is 5.91 Å². The third kappa shape index (κ3) is 3.85. The molecule has 0 spiro atoms. The molecule has 1 atom stereocenters. The Kier molecular flexibility index (Phi) is 5.38. The van der Waals surface area contributed by atoms with Crippen LogP contribution in [-0.4, -0.2) is 53.1 Å². The van der Waals surface area contributed by atoms with Crippen LogP contribution in [0.25, 0.3) is 0 Å². The number of carbonyl (C=O) groups excluding carboxylic acids is 1. The minimum absolute atomic E-state index is 0.0975. The van der Waals surface area contributed by atoms with Gasteiger partial charge in [0.05, 0.1) is 13.2 Å². The normalized spacial score (nSPS) is 18.6. The van der Waals surface area contributed by atoms with Crippen molar-refractivity contribution in [2.45, 2.75) is 32.9 Å². The van der Waals surface area contributed by atoms with Crippen molar-refractivity contribution in [3.05, 3.63) is 42.5 Å². The van der Waals surface area contributed by atoms with Crippen molar-refractivity contribution in [3.8, 4) is 5.75 Å². The summed E-state index contributed by atoms with van der Waals surface area (Å²) in [4.78, 5) is 21.2. The van der Waals surface area contributed by atoms with Crippen molar-refractivity contribution in [2.75, 3.05) is 31.6 Å². The maximum absolute atomic E-state index is 12.8. The van der Waals surface area contributed by atoms with Crippen LogP contribution in [0.3, 0.4) is 0 Å². The molecule has 1 unspecified atom stereocenters. The predicted octanol–water partition coefficient (Wildman–Crippen LogP) is 2.33. The van der Waals surface area contributed by atoms with Crippen LogP contribution in [0, 0.1) is 6.92 Å². The number of imidazole rings is 1. The number of amides is 1. The Morgan fingerprint density at radius 2 is 1.96 bits per heavy atom. The summed E-state index contributed by atoms with van der Waals surface area (Å²) in [6.45, 7) is 7.48. The molecule has 1 aliphatic rings. The molecule has 1 aromatic carbocycles. The first kappa shape index (κ1) is 17.5. The highest BCUT2D eigenvalue weighted by atomic mass is 16.5. The molecule has 1 aromatic heterocycles. The third-order valence-corrected chi connectivity index (χ3v) is 4.93. The van der Waals surface area contributed by atoms with Crippen molar-refractivity contribution in [1.29, 1.82) is 0 Å². The van der Waals surface area contributed by atoms with Crippen LogP contribution in [0.5, 0.6) is 5.75 Å². The van der Waals surface area contributed by atoms with Gasteiger partial charge in [0.15, 0.2) is 0 Å². The predicted molar refractivity (Wildman–Crippen MR) is 98.0 cm³/mol. The summed E-state index contributed by atoms with van der Waals surface area (Å²) in [5.41, 5.74) is 0.936. The van der Waals surface area contributed by atoms with E-state index in [1.807, 2.05) is 55.4 Å². The van der Waals surface area contributed by atoms with Gasteiger partial charge in [-0.2, -0.15) is 0 Å². The molecule has 0 saturated carbocycles. The van der Waals surface area contributed by atoms with Crippen molar-refractivity contribution < 1.29 is 9.53 Å². The van der Waals surface area contributed by atoms with Crippen molar-refractivity contribution in [3.63, 3.8) is 0 Å². The smallest absolute Gasteiger partial charge is 0.244 e. The molecular formula is C19H26N4O2. The molecule has 1 aliphatic heterocycles. The van der Waals surface area contributed by atoms with E-state index in [4.69, 9.17) is 4.74 Å². The van der Waals surface area contributed by atoms with Crippen molar-refractivity contribution >= 4 is 11.6 Å². The zero-order valence-electron chi connectivity index (χ0n) is 15.2. The summed E-state index contributed by atoms with van der Waals surface area (Å²) in [5.74, 6) is 2.00. The Bertz CT molecular complexity index is 710. The SMILES string of the molecule is COc1ccc(N2CCN(CCCn3ccnc3C)C(C)C2=O)cc1. The molecule has 0 bridgehead atoms. The number of aryl methyl sites for hydroxylation is 2. The summed E-state index contributed by atoms with van der Waals surface area (Å²) in [6, 6.07) is 7.59. The van der Waals surface area contributed by atoms with Crippen molar-refractivity contribution in [1.82, 2.24) is 14.5 Å². The number of anilines is 1. The lowest BCUT2D eigenvalue weighted by Crippen LogP contribution is -2.56. The van der Waals surface area contributed by atoms with Crippen LogP contribution < -0.4 is 9.64 Å². The van der Waals surface area contributed by atoms with Crippen LogP contribution in [0.15, 0.2) is 36.7 Å². The number of ether oxygens (including phenoxy) is 1. The standard InChI is InChI=1S/C19H26N4O2/c1-15-19(24)23(17-5-7-18(25-3)8-6-17)14-13-21(15)10-4-11-22-12-9-20-16(22)2/h5-9,12,15H,4,10-11,13-14H2,1-3H3. The largest absolute Gasteiger partial charge is 0.497 e. The van der Waals surface area contributed by atoms with E-state index in [0.29, 0.717) is 0 Å². The first-order chi connectivity index (χ1) is 12.1. The Morgan fingerprint density at radius 1 is 1.20 bits per heavy atom. The van der Waals surface area contributed by atoms with E-state index in [0.717, 1.165) is 49.9 Å². The maximum Gasteiger partial charge on any atom is 0.244 e. The van der Waals surface area contributed by atoms with Gasteiger partial charge in [-0.3, -0.25) is 9.69 Å². The van der Waals surface area contributed by atoms with Crippen LogP contribution in [0.4, 0.5) is 5.69 Å². The summed E-state index contributed by atoms with van der Waals surface area (Å²) in [6.07, 6.45) is 4.85. The zero-order chi connectivity index (χ0) is 17.8. The monoisotopic (exact) mass is 342 g/mol. The van der Waals surface area contributed by atoms with Gasteiger partial charge < -0.3 is 14.2 Å². The average Bonchev–Trinajstić information content (AvgIpc) is 3.04. The fourth-order valence-electron chi connectivity index (χ4n) is 3.32. The Morgan fingerprint density at radius 3 is 2.60 bits per heavy atom. The molecule has 25 heavy (non-hydrogen) atoms. The third-order valence-electron chi connectivity index (χ3n) is 4.93. The van der Waals surface area contributed by atoms with Gasteiger partial charge >= 0.3 is 0 Å². The minimum atomic E-state index is -0.0975. The molecule has 134 valence electrons. The molecule has 1 fully saturated rings. The number of carbonyl (C=O) groups is 1. The Labute approximate surface area is 149 Å². The maximum atomic E-state index is 12.8. The number of benzene rings is 1. The minimum Gasteiger partial charge on any atom is -0.497 e. The summed E-state index contributed by atoms with van der Waals surface area (Å²) >= 11 is 0. The van der Waals surface area contributed by atoms with Crippen molar-refractivity contribution in [2.24, 2.45) is 0 Å². The molecule has 2 aromatic rings. The zero-order valence-corrected chi connectivity index (χ0v) is 15.2. The first-order valence-corrected chi connectivity index (χ1v) is 8.77. The van der Waals surface area contributed by atoms with E-state index in [2.05, 4.69) is 14.5 Å². The van der Waals surface area contributed by atoms with Crippen LogP contribution in [-0.2, 0) is 11.3 Å². The molecule has 6 heteroatoms. The molecule has 2 heterocycles. The topological polar surface area (TPSA) is 50.6 Å². The fraction of sp³-hybridized carbons (Fsp3) is 0.474. The van der Waals surface area contributed by atoms with Gasteiger partial charge in [-0.1, -0.05) is 0 Å². The van der Waals surface area contributed by atoms with Crippen LogP contribution in [0.2, 0.25) is 0 Å². The lowest BCUT2D eigenvalue weighted by molar-refractivity contribution is -0.125. The number of aromatic nitrogens is 2. The molecular weight excluding hydrogens is 316 g/mol. The number of methoxy groups -OCH3 is 1. The van der Waals surface area contributed by atoms with Gasteiger partial charge in [-0.05, 0) is 44.5 Å². The molecule has 1 amide bonds. The number of hydrogen-bond acceptors (Lipinski definition) is 4. The van der Waals surface area contributed by atoms with Crippen LogP contribution in [0.1, 0.15) is 19.2 Å². The van der Waals surface area contributed by atoms with E-state index in [9.17, 15) is 4.79 Å². The van der Waals surface area contributed by atoms with E-state index >= 15 is 0 Å². The number of nitrogens with zero attached hydrogens (tertiary/aromatic N) is 4. The van der Waals surface area contributed by atoms with E-state index in [-0.39, 0.29) is 11.9 Å². The molecule has 1 saturated heterocycles. The summed E-state index contributed by atoms with van der Waals surface area (Å²) in [5, 5.41) is 0. The number of hydrogen-bond donors (Lipinski definition) is 0. The molecule has 0 N–H and O–H groups in total. The number of piperazine rings is 1. The highest BCUT2D eigenvalue weighted by Crippen LogP contribution is 2.23. The van der Waals surface area contributed by atoms with Gasteiger partial charge in [0, 0.05) is 44.3 Å². The Hall–Kier alpha value is -2.34. The lowest BCUT2D eigenvalue weighted by atomic mass is 10.1. The first-order valence-electron chi connectivity index (χ1n) is 8.77. The summed E-state index contributed by atoms with van der Waals surface area (Å²) < 4.78 is 7.34.